The average molecular weight is 397 g/mol. The van der Waals surface area contributed by atoms with E-state index in [2.05, 4.69) is 10.2 Å². The van der Waals surface area contributed by atoms with E-state index in [9.17, 15) is 4.79 Å². The van der Waals surface area contributed by atoms with Gasteiger partial charge in [0.2, 0.25) is 5.91 Å². The molecule has 0 saturated carbocycles. The maximum atomic E-state index is 13.3. The van der Waals surface area contributed by atoms with Crippen LogP contribution in [0.4, 0.5) is 0 Å². The number of aromatic nitrogens is 3. The highest BCUT2D eigenvalue weighted by atomic mass is 32.2. The average Bonchev–Trinajstić information content (AvgIpc) is 3.32. The fourth-order valence-electron chi connectivity index (χ4n) is 3.54. The van der Waals surface area contributed by atoms with Gasteiger partial charge in [0.1, 0.15) is 11.0 Å². The Bertz CT molecular complexity index is 944. The molecule has 0 spiro atoms. The van der Waals surface area contributed by atoms with Gasteiger partial charge in [0.25, 0.3) is 0 Å². The lowest BCUT2D eigenvalue weighted by Gasteiger charge is -2.30. The number of rotatable bonds is 5. The highest BCUT2D eigenvalue weighted by Gasteiger charge is 2.30. The zero-order valence-electron chi connectivity index (χ0n) is 16.2. The number of thioether (sulfide) groups is 1. The Kier molecular flexibility index (Phi) is 5.52. The van der Waals surface area contributed by atoms with Crippen LogP contribution < -0.4 is 0 Å². The summed E-state index contributed by atoms with van der Waals surface area (Å²) in [4.78, 5) is 15.3. The Morgan fingerprint density at radius 3 is 2.54 bits per heavy atom. The predicted molar refractivity (Wildman–Crippen MR) is 109 cm³/mol. The summed E-state index contributed by atoms with van der Waals surface area (Å²) >= 11 is 1.46. The van der Waals surface area contributed by atoms with Crippen molar-refractivity contribution in [3.05, 3.63) is 54.0 Å². The molecule has 1 aliphatic rings. The van der Waals surface area contributed by atoms with Crippen molar-refractivity contribution in [1.29, 1.82) is 0 Å². The van der Waals surface area contributed by atoms with Crippen LogP contribution in [-0.4, -0.2) is 38.7 Å². The normalized spacial score (nSPS) is 15.6. The first-order valence-corrected chi connectivity index (χ1v) is 10.5. The monoisotopic (exact) mass is 396 g/mol. The SMILES string of the molecule is Cc1occc1-c1nnc(SC(C(=O)N2CCCCC2)c2ccccc2)n1C. The number of hydrogen-bond donors (Lipinski definition) is 0. The summed E-state index contributed by atoms with van der Waals surface area (Å²) < 4.78 is 7.33. The number of carbonyl (C=O) groups is 1. The molecule has 0 N–H and O–H groups in total. The van der Waals surface area contributed by atoms with Crippen LogP contribution in [0, 0.1) is 6.92 Å². The number of furan rings is 1. The van der Waals surface area contributed by atoms with Crippen molar-refractivity contribution in [2.45, 2.75) is 36.6 Å². The summed E-state index contributed by atoms with van der Waals surface area (Å²) in [6, 6.07) is 11.8. The van der Waals surface area contributed by atoms with Gasteiger partial charge in [-0.25, -0.2) is 0 Å². The van der Waals surface area contributed by atoms with Gasteiger partial charge in [-0.15, -0.1) is 10.2 Å². The maximum Gasteiger partial charge on any atom is 0.240 e. The predicted octanol–water partition coefficient (Wildman–Crippen LogP) is 4.23. The molecule has 0 radical (unpaired) electrons. The minimum Gasteiger partial charge on any atom is -0.469 e. The first-order chi connectivity index (χ1) is 13.6. The highest BCUT2D eigenvalue weighted by Crippen LogP contribution is 2.37. The van der Waals surface area contributed by atoms with Crippen LogP contribution in [0.5, 0.6) is 0 Å². The second kappa shape index (κ2) is 8.22. The number of benzene rings is 1. The summed E-state index contributed by atoms with van der Waals surface area (Å²) in [5.41, 5.74) is 1.91. The van der Waals surface area contributed by atoms with E-state index in [0.29, 0.717) is 0 Å². The summed E-state index contributed by atoms with van der Waals surface area (Å²) in [6.45, 7) is 3.57. The van der Waals surface area contributed by atoms with Gasteiger partial charge in [-0.1, -0.05) is 42.1 Å². The van der Waals surface area contributed by atoms with Gasteiger partial charge in [-0.3, -0.25) is 4.79 Å². The van der Waals surface area contributed by atoms with Crippen molar-refractivity contribution in [3.63, 3.8) is 0 Å². The van der Waals surface area contributed by atoms with E-state index >= 15 is 0 Å². The molecule has 6 nitrogen and oxygen atoms in total. The van der Waals surface area contributed by atoms with Crippen molar-refractivity contribution in [1.82, 2.24) is 19.7 Å². The number of likely N-dealkylation sites (tertiary alicyclic amines) is 1. The molecule has 0 aliphatic carbocycles. The third kappa shape index (κ3) is 3.71. The Balaban J connectivity index is 1.64. The Morgan fingerprint density at radius 1 is 1.11 bits per heavy atom. The Labute approximate surface area is 168 Å². The third-order valence-corrected chi connectivity index (χ3v) is 6.43. The first kappa shape index (κ1) is 18.8. The minimum atomic E-state index is -0.333. The first-order valence-electron chi connectivity index (χ1n) is 9.59. The lowest BCUT2D eigenvalue weighted by molar-refractivity contribution is -0.131. The fraction of sp³-hybridized carbons (Fsp3) is 0.381. The number of hydrogen-bond acceptors (Lipinski definition) is 5. The van der Waals surface area contributed by atoms with E-state index in [1.54, 1.807) is 6.26 Å². The number of amides is 1. The second-order valence-electron chi connectivity index (χ2n) is 7.05. The molecule has 1 aliphatic heterocycles. The van der Waals surface area contributed by atoms with E-state index < -0.39 is 0 Å². The van der Waals surface area contributed by atoms with E-state index in [0.717, 1.165) is 53.8 Å². The maximum absolute atomic E-state index is 13.3. The van der Waals surface area contributed by atoms with Gasteiger partial charge in [0.05, 0.1) is 11.8 Å². The van der Waals surface area contributed by atoms with Crippen LogP contribution in [0.1, 0.15) is 35.8 Å². The van der Waals surface area contributed by atoms with Gasteiger partial charge in [0.15, 0.2) is 11.0 Å². The van der Waals surface area contributed by atoms with Crippen LogP contribution in [0.3, 0.4) is 0 Å². The van der Waals surface area contributed by atoms with E-state index in [-0.39, 0.29) is 11.2 Å². The van der Waals surface area contributed by atoms with Crippen molar-refractivity contribution in [2.75, 3.05) is 13.1 Å². The summed E-state index contributed by atoms with van der Waals surface area (Å²) in [5.74, 6) is 1.70. The highest BCUT2D eigenvalue weighted by molar-refractivity contribution is 8.00. The molecule has 3 aromatic rings. The van der Waals surface area contributed by atoms with E-state index in [1.165, 1.54) is 18.2 Å². The molecule has 28 heavy (non-hydrogen) atoms. The topological polar surface area (TPSA) is 64.2 Å². The molecule has 1 fully saturated rings. The third-order valence-electron chi connectivity index (χ3n) is 5.15. The number of nitrogens with zero attached hydrogens (tertiary/aromatic N) is 4. The zero-order chi connectivity index (χ0) is 19.5. The van der Waals surface area contributed by atoms with Crippen LogP contribution in [0.15, 0.2) is 52.2 Å². The lowest BCUT2D eigenvalue weighted by atomic mass is 10.1. The van der Waals surface area contributed by atoms with Gasteiger partial charge < -0.3 is 13.9 Å². The van der Waals surface area contributed by atoms with Crippen molar-refractivity contribution >= 4 is 17.7 Å². The number of aryl methyl sites for hydroxylation is 1. The number of piperidine rings is 1. The summed E-state index contributed by atoms with van der Waals surface area (Å²) in [6.07, 6.45) is 5.00. The van der Waals surface area contributed by atoms with Crippen LogP contribution in [0.2, 0.25) is 0 Å². The summed E-state index contributed by atoms with van der Waals surface area (Å²) in [7, 11) is 1.93. The molecular formula is C21H24N4O2S. The molecule has 1 aromatic carbocycles. The van der Waals surface area contributed by atoms with Crippen molar-refractivity contribution in [3.8, 4) is 11.4 Å². The van der Waals surface area contributed by atoms with Crippen LogP contribution in [0.25, 0.3) is 11.4 Å². The lowest BCUT2D eigenvalue weighted by Crippen LogP contribution is -2.38. The van der Waals surface area contributed by atoms with E-state index in [4.69, 9.17) is 4.42 Å². The molecule has 4 rings (SSSR count). The van der Waals surface area contributed by atoms with E-state index in [1.807, 2.05) is 59.8 Å². The molecular weight excluding hydrogens is 372 g/mol. The minimum absolute atomic E-state index is 0.153. The summed E-state index contributed by atoms with van der Waals surface area (Å²) in [5, 5.41) is 9.10. The zero-order valence-corrected chi connectivity index (χ0v) is 17.0. The van der Waals surface area contributed by atoms with Crippen LogP contribution >= 0.6 is 11.8 Å². The van der Waals surface area contributed by atoms with Gasteiger partial charge in [0, 0.05) is 20.1 Å². The Hall–Kier alpha value is -2.54. The molecule has 3 heterocycles. The quantitative estimate of drug-likeness (QED) is 0.604. The molecule has 1 amide bonds. The number of carbonyl (C=O) groups excluding carboxylic acids is 1. The largest absolute Gasteiger partial charge is 0.469 e. The second-order valence-corrected chi connectivity index (χ2v) is 8.12. The van der Waals surface area contributed by atoms with Gasteiger partial charge in [-0.2, -0.15) is 0 Å². The van der Waals surface area contributed by atoms with Gasteiger partial charge in [-0.05, 0) is 37.8 Å². The van der Waals surface area contributed by atoms with Gasteiger partial charge >= 0.3 is 0 Å². The molecule has 146 valence electrons. The molecule has 7 heteroatoms. The fourth-order valence-corrected chi connectivity index (χ4v) is 4.63. The smallest absolute Gasteiger partial charge is 0.240 e. The molecule has 1 atom stereocenters. The molecule has 2 aromatic heterocycles. The molecule has 1 unspecified atom stereocenters. The van der Waals surface area contributed by atoms with Crippen LogP contribution in [-0.2, 0) is 11.8 Å². The Morgan fingerprint density at radius 2 is 1.86 bits per heavy atom. The standard InChI is InChI=1S/C21H24N4O2S/c1-15-17(11-14-27-15)19-22-23-21(24(19)2)28-18(16-9-5-3-6-10-16)20(26)25-12-7-4-8-13-25/h3,5-6,9-11,14,18H,4,7-8,12-13H2,1-2H3. The van der Waals surface area contributed by atoms with Crippen molar-refractivity contribution in [2.24, 2.45) is 7.05 Å². The molecule has 0 bridgehead atoms. The molecule has 1 saturated heterocycles. The van der Waals surface area contributed by atoms with Crippen molar-refractivity contribution < 1.29 is 9.21 Å².